The van der Waals surface area contributed by atoms with Crippen LogP contribution in [0.25, 0.3) is 0 Å². The van der Waals surface area contributed by atoms with Gasteiger partial charge >= 0.3 is 0 Å². The average Bonchev–Trinajstić information content (AvgIpc) is 1.63. The number of quaternary nitrogens is 1. The third-order valence-corrected chi connectivity index (χ3v) is 0.771. The van der Waals surface area contributed by atoms with Crippen molar-refractivity contribution in [3.63, 3.8) is 0 Å². The Balaban J connectivity index is -0.000000140. The van der Waals surface area contributed by atoms with Gasteiger partial charge in [0.25, 0.3) is 6.47 Å². The van der Waals surface area contributed by atoms with E-state index in [-0.39, 0.29) is 30.1 Å². The smallest absolute Gasteiger partial charge is 0.290 e. The second kappa shape index (κ2) is 9.87. The lowest BCUT2D eigenvalue weighted by molar-refractivity contribution is -0.870. The van der Waals surface area contributed by atoms with Crippen LogP contribution in [-0.2, 0) is 4.79 Å². The number of rotatable bonds is 2. The van der Waals surface area contributed by atoms with Gasteiger partial charge < -0.3 is 31.7 Å². The van der Waals surface area contributed by atoms with Crippen molar-refractivity contribution in [1.82, 2.24) is 0 Å². The van der Waals surface area contributed by atoms with E-state index in [1.165, 1.54) is 0 Å². The van der Waals surface area contributed by atoms with Crippen molar-refractivity contribution in [3.8, 4) is 0 Å². The molecule has 0 saturated heterocycles. The highest BCUT2D eigenvalue weighted by molar-refractivity contribution is 5.32. The summed E-state index contributed by atoms with van der Waals surface area (Å²) in [6.45, 7) is 0.865. The third-order valence-electron chi connectivity index (χ3n) is 0.771. The SMILES string of the molecule is C[N+](C)(C)CCO.O=CO.[Br-]. The standard InChI is InChI=1S/C5H14NO.CH2O2.BrH/c1-6(2,3)4-5-7;2-1-3;/h7H,4-5H2,1-3H3;1H,(H,2,3);1H/q+1;;/p-1. The van der Waals surface area contributed by atoms with E-state index in [0.29, 0.717) is 0 Å². The molecule has 0 unspecified atom stereocenters. The largest absolute Gasteiger partial charge is 1.00 e. The average molecular weight is 230 g/mol. The maximum atomic E-state index is 8.39. The van der Waals surface area contributed by atoms with Crippen molar-refractivity contribution in [3.05, 3.63) is 0 Å². The molecular formula is C6H16BrNO3. The molecule has 0 bridgehead atoms. The molecule has 0 atom stereocenters. The van der Waals surface area contributed by atoms with Gasteiger partial charge in [-0.05, 0) is 0 Å². The monoisotopic (exact) mass is 229 g/mol. The Kier molecular flexibility index (Phi) is 15.3. The first kappa shape index (κ1) is 17.1. The number of aliphatic hydroxyl groups excluding tert-OH is 1. The maximum Gasteiger partial charge on any atom is 0.290 e. The molecule has 0 aromatic rings. The lowest BCUT2D eigenvalue weighted by Crippen LogP contribution is -3.00. The summed E-state index contributed by atoms with van der Waals surface area (Å²) in [7, 11) is 6.16. The first-order valence-electron chi connectivity index (χ1n) is 2.97. The highest BCUT2D eigenvalue weighted by atomic mass is 79.9. The highest BCUT2D eigenvalue weighted by Gasteiger charge is 2.02. The fourth-order valence-electron chi connectivity index (χ4n) is 0.300. The van der Waals surface area contributed by atoms with Gasteiger partial charge in [-0.25, -0.2) is 0 Å². The van der Waals surface area contributed by atoms with E-state index in [2.05, 4.69) is 21.1 Å². The molecule has 11 heavy (non-hydrogen) atoms. The second-order valence-electron chi connectivity index (χ2n) is 2.84. The summed E-state index contributed by atoms with van der Waals surface area (Å²) in [5, 5.41) is 15.3. The zero-order chi connectivity index (χ0) is 8.62. The Hall–Kier alpha value is -0.130. The molecule has 0 aliphatic rings. The Morgan fingerprint density at radius 1 is 1.36 bits per heavy atom. The van der Waals surface area contributed by atoms with Crippen molar-refractivity contribution in [2.75, 3.05) is 34.3 Å². The third kappa shape index (κ3) is 40.8. The topological polar surface area (TPSA) is 57.5 Å². The summed E-state index contributed by atoms with van der Waals surface area (Å²) in [5.74, 6) is 0. The van der Waals surface area contributed by atoms with Gasteiger partial charge in [-0.1, -0.05) is 0 Å². The van der Waals surface area contributed by atoms with Gasteiger partial charge in [0.1, 0.15) is 6.54 Å². The van der Waals surface area contributed by atoms with E-state index in [1.807, 2.05) is 0 Å². The Morgan fingerprint density at radius 2 is 1.64 bits per heavy atom. The van der Waals surface area contributed by atoms with E-state index >= 15 is 0 Å². The molecule has 0 saturated carbocycles. The van der Waals surface area contributed by atoms with Gasteiger partial charge in [0.05, 0.1) is 27.7 Å². The molecule has 0 aliphatic carbocycles. The number of likely N-dealkylation sites (N-methyl/N-ethyl adjacent to an activating group) is 1. The van der Waals surface area contributed by atoms with Crippen LogP contribution in [0.4, 0.5) is 0 Å². The summed E-state index contributed by atoms with van der Waals surface area (Å²) in [6.07, 6.45) is 0. The number of carbonyl (C=O) groups is 1. The molecule has 0 heterocycles. The van der Waals surface area contributed by atoms with Gasteiger partial charge in [-0.3, -0.25) is 4.79 Å². The zero-order valence-electron chi connectivity index (χ0n) is 7.12. The number of aliphatic hydroxyl groups is 1. The predicted molar refractivity (Wildman–Crippen MR) is 38.7 cm³/mol. The Labute approximate surface area is 77.8 Å². The quantitative estimate of drug-likeness (QED) is 0.380. The molecular weight excluding hydrogens is 214 g/mol. The molecule has 0 aromatic heterocycles. The summed E-state index contributed by atoms with van der Waals surface area (Å²) in [5.41, 5.74) is 0. The molecule has 5 heteroatoms. The molecule has 0 aromatic carbocycles. The van der Waals surface area contributed by atoms with Crippen LogP contribution in [0.2, 0.25) is 0 Å². The fraction of sp³-hybridized carbons (Fsp3) is 0.833. The molecule has 70 valence electrons. The van der Waals surface area contributed by atoms with E-state index in [0.717, 1.165) is 11.0 Å². The number of nitrogens with zero attached hydrogens (tertiary/aromatic N) is 1. The summed E-state index contributed by atoms with van der Waals surface area (Å²) >= 11 is 0. The number of carboxylic acid groups (broad SMARTS) is 1. The van der Waals surface area contributed by atoms with Gasteiger partial charge in [-0.15, -0.1) is 0 Å². The molecule has 4 nitrogen and oxygen atoms in total. The lowest BCUT2D eigenvalue weighted by atomic mass is 10.5. The molecule has 2 N–H and O–H groups in total. The molecule has 0 rings (SSSR count). The van der Waals surface area contributed by atoms with Gasteiger partial charge in [0.2, 0.25) is 0 Å². The van der Waals surface area contributed by atoms with Gasteiger partial charge in [0, 0.05) is 0 Å². The summed E-state index contributed by atoms with van der Waals surface area (Å²) < 4.78 is 0.844. The van der Waals surface area contributed by atoms with Crippen LogP contribution in [0, 0.1) is 0 Å². The van der Waals surface area contributed by atoms with E-state index in [9.17, 15) is 0 Å². The van der Waals surface area contributed by atoms with Crippen molar-refractivity contribution in [2.24, 2.45) is 0 Å². The molecule has 0 radical (unpaired) electrons. The van der Waals surface area contributed by atoms with Crippen molar-refractivity contribution in [2.45, 2.75) is 0 Å². The lowest BCUT2D eigenvalue weighted by Gasteiger charge is -2.21. The predicted octanol–water partition coefficient (Wildman–Crippen LogP) is -3.61. The Morgan fingerprint density at radius 3 is 1.64 bits per heavy atom. The van der Waals surface area contributed by atoms with Crippen LogP contribution < -0.4 is 17.0 Å². The number of hydrogen-bond donors (Lipinski definition) is 2. The van der Waals surface area contributed by atoms with Crippen LogP contribution in [0.1, 0.15) is 0 Å². The molecule has 0 amide bonds. The minimum Gasteiger partial charge on any atom is -1.00 e. The molecule has 0 fully saturated rings. The summed E-state index contributed by atoms with van der Waals surface area (Å²) in [4.78, 5) is 8.36. The fourth-order valence-corrected chi connectivity index (χ4v) is 0.300. The van der Waals surface area contributed by atoms with Gasteiger partial charge in [-0.2, -0.15) is 0 Å². The van der Waals surface area contributed by atoms with E-state index in [4.69, 9.17) is 15.0 Å². The van der Waals surface area contributed by atoms with Crippen molar-refractivity contribution >= 4 is 6.47 Å². The Bertz CT molecular complexity index is 82.4. The maximum absolute atomic E-state index is 8.39. The minimum absolute atomic E-state index is 0. The van der Waals surface area contributed by atoms with Crippen LogP contribution in [0.15, 0.2) is 0 Å². The summed E-state index contributed by atoms with van der Waals surface area (Å²) in [6, 6.07) is 0. The first-order valence-corrected chi connectivity index (χ1v) is 2.97. The van der Waals surface area contributed by atoms with Gasteiger partial charge in [0.15, 0.2) is 0 Å². The number of halogens is 1. The normalized spacial score (nSPS) is 8.73. The van der Waals surface area contributed by atoms with Crippen LogP contribution in [0.5, 0.6) is 0 Å². The minimum atomic E-state index is -0.250. The van der Waals surface area contributed by atoms with E-state index in [1.54, 1.807) is 0 Å². The van der Waals surface area contributed by atoms with E-state index < -0.39 is 0 Å². The molecule has 0 aliphatic heterocycles. The number of hydrogen-bond acceptors (Lipinski definition) is 2. The van der Waals surface area contributed by atoms with Crippen LogP contribution in [0.3, 0.4) is 0 Å². The second-order valence-corrected chi connectivity index (χ2v) is 2.84. The first-order chi connectivity index (χ1) is 4.47. The van der Waals surface area contributed by atoms with Crippen LogP contribution in [-0.4, -0.2) is 55.5 Å². The van der Waals surface area contributed by atoms with Crippen LogP contribution >= 0.6 is 0 Å². The van der Waals surface area contributed by atoms with Crippen molar-refractivity contribution in [1.29, 1.82) is 0 Å². The highest BCUT2D eigenvalue weighted by Crippen LogP contribution is 1.84. The molecule has 0 spiro atoms. The van der Waals surface area contributed by atoms with Crippen molar-refractivity contribution < 1.29 is 36.5 Å². The zero-order valence-corrected chi connectivity index (χ0v) is 8.71.